The minimum absolute atomic E-state index is 0.190. The number of ether oxygens (including phenoxy) is 1. The Morgan fingerprint density at radius 3 is 2.52 bits per heavy atom. The quantitative estimate of drug-likeness (QED) is 0.455. The van der Waals surface area contributed by atoms with Gasteiger partial charge in [-0.2, -0.15) is 0 Å². The molecule has 2 N–H and O–H groups in total. The number of amides is 1. The molecule has 0 unspecified atom stereocenters. The molecule has 0 bridgehead atoms. The van der Waals surface area contributed by atoms with Crippen LogP contribution in [-0.4, -0.2) is 35.8 Å². The molecule has 0 saturated carbocycles. The number of para-hydroxylation sites is 1. The third kappa shape index (κ3) is 5.01. The summed E-state index contributed by atoms with van der Waals surface area (Å²) >= 11 is 1.49. The fraction of sp³-hybridized carbons (Fsp3) is 0.304. The van der Waals surface area contributed by atoms with Crippen LogP contribution in [0.15, 0.2) is 47.5 Å². The predicted molar refractivity (Wildman–Crippen MR) is 117 cm³/mol. The number of esters is 1. The maximum atomic E-state index is 12.6. The van der Waals surface area contributed by atoms with Crippen molar-refractivity contribution in [2.24, 2.45) is 0 Å². The number of methoxy groups -OCH3 is 1. The van der Waals surface area contributed by atoms with E-state index in [1.165, 1.54) is 24.4 Å². The van der Waals surface area contributed by atoms with Gasteiger partial charge in [0, 0.05) is 28.4 Å². The van der Waals surface area contributed by atoms with Crippen molar-refractivity contribution in [2.45, 2.75) is 38.1 Å². The maximum Gasteiger partial charge on any atom is 0.328 e. The number of aromatic amines is 1. The third-order valence-corrected chi connectivity index (χ3v) is 6.21. The number of hydrogen-bond donors (Lipinski definition) is 2. The Morgan fingerprint density at radius 1 is 1.14 bits per heavy atom. The van der Waals surface area contributed by atoms with Gasteiger partial charge < -0.3 is 15.0 Å². The number of thioether (sulfide) groups is 1. The smallest absolute Gasteiger partial charge is 0.328 e. The van der Waals surface area contributed by atoms with E-state index in [-0.39, 0.29) is 11.7 Å². The molecule has 2 aromatic carbocycles. The lowest BCUT2D eigenvalue weighted by molar-refractivity contribution is -0.144. The summed E-state index contributed by atoms with van der Waals surface area (Å²) in [6, 6.07) is 11.4. The average molecular weight is 411 g/mol. The zero-order valence-electron chi connectivity index (χ0n) is 17.2. The molecule has 29 heavy (non-hydrogen) atoms. The van der Waals surface area contributed by atoms with E-state index < -0.39 is 12.0 Å². The summed E-state index contributed by atoms with van der Waals surface area (Å²) in [4.78, 5) is 29.2. The number of aryl methyl sites for hydroxylation is 3. The van der Waals surface area contributed by atoms with Gasteiger partial charge in [-0.05, 0) is 43.5 Å². The lowest BCUT2D eigenvalue weighted by atomic mass is 10.0. The van der Waals surface area contributed by atoms with Gasteiger partial charge in [0.05, 0.1) is 12.9 Å². The van der Waals surface area contributed by atoms with E-state index in [1.807, 2.05) is 30.5 Å². The first-order valence-electron chi connectivity index (χ1n) is 9.52. The van der Waals surface area contributed by atoms with Crippen LogP contribution in [0.1, 0.15) is 22.3 Å². The molecule has 0 saturated heterocycles. The van der Waals surface area contributed by atoms with Crippen LogP contribution < -0.4 is 5.32 Å². The van der Waals surface area contributed by atoms with E-state index in [0.717, 1.165) is 32.5 Å². The van der Waals surface area contributed by atoms with Crippen LogP contribution in [0.4, 0.5) is 0 Å². The first kappa shape index (κ1) is 21.0. The summed E-state index contributed by atoms with van der Waals surface area (Å²) in [7, 11) is 1.34. The van der Waals surface area contributed by atoms with Crippen molar-refractivity contribution in [3.8, 4) is 0 Å². The number of rotatable bonds is 7. The molecule has 1 heterocycles. The van der Waals surface area contributed by atoms with Crippen LogP contribution in [0.5, 0.6) is 0 Å². The van der Waals surface area contributed by atoms with Gasteiger partial charge in [0.1, 0.15) is 6.04 Å². The number of carbonyl (C=O) groups excluding carboxylic acids is 2. The zero-order chi connectivity index (χ0) is 21.0. The van der Waals surface area contributed by atoms with Crippen LogP contribution in [0.3, 0.4) is 0 Å². The summed E-state index contributed by atoms with van der Waals surface area (Å²) in [6.07, 6.45) is 2.25. The lowest BCUT2D eigenvalue weighted by Crippen LogP contribution is -2.43. The molecule has 1 aromatic heterocycles. The van der Waals surface area contributed by atoms with Gasteiger partial charge in [-0.3, -0.25) is 4.79 Å². The number of hydrogen-bond acceptors (Lipinski definition) is 4. The van der Waals surface area contributed by atoms with E-state index in [0.29, 0.717) is 6.42 Å². The molecule has 152 valence electrons. The highest BCUT2D eigenvalue weighted by Gasteiger charge is 2.23. The minimum Gasteiger partial charge on any atom is -0.467 e. The highest BCUT2D eigenvalue weighted by Crippen LogP contribution is 2.27. The molecule has 3 rings (SSSR count). The Bertz CT molecular complexity index is 1020. The van der Waals surface area contributed by atoms with Crippen LogP contribution >= 0.6 is 11.8 Å². The second-order valence-corrected chi connectivity index (χ2v) is 8.21. The van der Waals surface area contributed by atoms with E-state index in [2.05, 4.69) is 43.2 Å². The fourth-order valence-electron chi connectivity index (χ4n) is 3.62. The van der Waals surface area contributed by atoms with E-state index >= 15 is 0 Å². The number of H-pyrrole nitrogens is 1. The standard InChI is InChI=1S/C23H26N2O3S/c1-14-9-15(2)22(16(3)10-14)29-13-21(26)25-20(23(27)28-4)11-17-12-24-19-8-6-5-7-18(17)19/h5-10,12,20,24H,11,13H2,1-4H3,(H,25,26)/t20-/m0/s1. The van der Waals surface area contributed by atoms with E-state index in [4.69, 9.17) is 4.74 Å². The van der Waals surface area contributed by atoms with Crippen molar-refractivity contribution in [1.82, 2.24) is 10.3 Å². The summed E-state index contributed by atoms with van der Waals surface area (Å²) in [5.41, 5.74) is 5.48. The first-order valence-corrected chi connectivity index (χ1v) is 10.5. The molecule has 1 atom stereocenters. The highest BCUT2D eigenvalue weighted by atomic mass is 32.2. The predicted octanol–water partition coefficient (Wildman–Crippen LogP) is 4.09. The van der Waals surface area contributed by atoms with Gasteiger partial charge >= 0.3 is 5.97 Å². The molecule has 6 heteroatoms. The molecule has 3 aromatic rings. The topological polar surface area (TPSA) is 71.2 Å². The van der Waals surface area contributed by atoms with Crippen LogP contribution in [0, 0.1) is 20.8 Å². The van der Waals surface area contributed by atoms with Gasteiger partial charge in [0.2, 0.25) is 5.91 Å². The second-order valence-electron chi connectivity index (χ2n) is 7.22. The van der Waals surface area contributed by atoms with E-state index in [1.54, 1.807) is 0 Å². The molecule has 1 amide bonds. The molecule has 0 radical (unpaired) electrons. The van der Waals surface area contributed by atoms with Gasteiger partial charge in [-0.15, -0.1) is 11.8 Å². The number of aromatic nitrogens is 1. The number of carbonyl (C=O) groups is 2. The second kappa shape index (κ2) is 9.18. The first-order chi connectivity index (χ1) is 13.9. The molecule has 0 aliphatic rings. The van der Waals surface area contributed by atoms with Crippen molar-refractivity contribution in [3.05, 3.63) is 64.8 Å². The Hall–Kier alpha value is -2.73. The average Bonchev–Trinajstić information content (AvgIpc) is 3.09. The van der Waals surface area contributed by atoms with Crippen LogP contribution in [0.25, 0.3) is 10.9 Å². The Labute approximate surface area is 175 Å². The monoisotopic (exact) mass is 410 g/mol. The van der Waals surface area contributed by atoms with Crippen molar-refractivity contribution in [2.75, 3.05) is 12.9 Å². The summed E-state index contributed by atoms with van der Waals surface area (Å²) in [5.74, 6) is -0.396. The van der Waals surface area contributed by atoms with Gasteiger partial charge in [0.25, 0.3) is 0 Å². The Morgan fingerprint density at radius 2 is 1.83 bits per heavy atom. The highest BCUT2D eigenvalue weighted by molar-refractivity contribution is 8.00. The van der Waals surface area contributed by atoms with Gasteiger partial charge in [-0.25, -0.2) is 4.79 Å². The van der Waals surface area contributed by atoms with Crippen molar-refractivity contribution < 1.29 is 14.3 Å². The Balaban J connectivity index is 1.69. The van der Waals surface area contributed by atoms with Crippen LogP contribution in [0.2, 0.25) is 0 Å². The molecular weight excluding hydrogens is 384 g/mol. The molecule has 0 aliphatic heterocycles. The Kier molecular flexibility index (Phi) is 6.64. The van der Waals surface area contributed by atoms with Crippen molar-refractivity contribution in [1.29, 1.82) is 0 Å². The molecule has 5 nitrogen and oxygen atoms in total. The molecule has 0 aliphatic carbocycles. The molecule has 0 spiro atoms. The molecular formula is C23H26N2O3S. The molecule has 0 fully saturated rings. The number of benzene rings is 2. The maximum absolute atomic E-state index is 12.6. The van der Waals surface area contributed by atoms with Gasteiger partial charge in [0.15, 0.2) is 0 Å². The normalized spacial score (nSPS) is 12.0. The van der Waals surface area contributed by atoms with Gasteiger partial charge in [-0.1, -0.05) is 35.9 Å². The van der Waals surface area contributed by atoms with Crippen molar-refractivity contribution >= 4 is 34.5 Å². The summed E-state index contributed by atoms with van der Waals surface area (Å²) in [6.45, 7) is 6.16. The minimum atomic E-state index is -0.729. The third-order valence-electron chi connectivity index (χ3n) is 4.87. The number of fused-ring (bicyclic) bond motifs is 1. The fourth-order valence-corrected chi connectivity index (χ4v) is 4.56. The van der Waals surface area contributed by atoms with Crippen molar-refractivity contribution in [3.63, 3.8) is 0 Å². The summed E-state index contributed by atoms with van der Waals surface area (Å²) in [5, 5.41) is 3.88. The SMILES string of the molecule is COC(=O)[C@H](Cc1c[nH]c2ccccc12)NC(=O)CSc1c(C)cc(C)cc1C. The lowest BCUT2D eigenvalue weighted by Gasteiger charge is -2.17. The summed E-state index contributed by atoms with van der Waals surface area (Å²) < 4.78 is 4.92. The zero-order valence-corrected chi connectivity index (χ0v) is 18.0. The van der Waals surface area contributed by atoms with E-state index in [9.17, 15) is 9.59 Å². The largest absolute Gasteiger partial charge is 0.467 e. The number of nitrogens with one attached hydrogen (secondary N) is 2. The van der Waals surface area contributed by atoms with Crippen LogP contribution in [-0.2, 0) is 20.7 Å².